The lowest BCUT2D eigenvalue weighted by Crippen LogP contribution is -2.55. The molecular formula is C16H31N3O3. The van der Waals surface area contributed by atoms with Gasteiger partial charge in [-0.15, -0.1) is 0 Å². The van der Waals surface area contributed by atoms with Crippen molar-refractivity contribution in [2.45, 2.75) is 40.2 Å². The van der Waals surface area contributed by atoms with Gasteiger partial charge in [0.15, 0.2) is 0 Å². The average Bonchev–Trinajstić information content (AvgIpc) is 2.53. The van der Waals surface area contributed by atoms with Gasteiger partial charge in [-0.1, -0.05) is 13.8 Å². The first kappa shape index (κ1) is 18.9. The second-order valence-electron chi connectivity index (χ2n) is 5.95. The molecule has 0 unspecified atom stereocenters. The van der Waals surface area contributed by atoms with Gasteiger partial charge in [-0.2, -0.15) is 0 Å². The molecule has 0 aliphatic carbocycles. The van der Waals surface area contributed by atoms with Crippen molar-refractivity contribution in [3.05, 3.63) is 0 Å². The fourth-order valence-electron chi connectivity index (χ4n) is 2.51. The van der Waals surface area contributed by atoms with Crippen molar-refractivity contribution in [3.8, 4) is 0 Å². The maximum atomic E-state index is 12.2. The largest absolute Gasteiger partial charge is 0.380 e. The van der Waals surface area contributed by atoms with E-state index in [1.165, 1.54) is 0 Å². The van der Waals surface area contributed by atoms with E-state index in [4.69, 9.17) is 4.74 Å². The molecule has 0 aromatic carbocycles. The minimum absolute atomic E-state index is 0.00737. The van der Waals surface area contributed by atoms with Crippen LogP contribution in [0.2, 0.25) is 0 Å². The zero-order valence-corrected chi connectivity index (χ0v) is 14.4. The number of amides is 2. The first-order chi connectivity index (χ1) is 10.5. The van der Waals surface area contributed by atoms with Crippen LogP contribution < -0.4 is 5.32 Å². The third-order valence-corrected chi connectivity index (χ3v) is 4.32. The molecule has 0 aromatic rings. The van der Waals surface area contributed by atoms with Gasteiger partial charge in [-0.05, 0) is 20.3 Å². The number of rotatable bonds is 8. The summed E-state index contributed by atoms with van der Waals surface area (Å²) in [6.45, 7) is 12.7. The van der Waals surface area contributed by atoms with E-state index in [0.717, 1.165) is 32.7 Å². The van der Waals surface area contributed by atoms with E-state index in [0.29, 0.717) is 19.1 Å². The third kappa shape index (κ3) is 5.93. The fraction of sp³-hybridized carbons (Fsp3) is 0.875. The molecule has 1 fully saturated rings. The molecule has 6 nitrogen and oxygen atoms in total. The number of ether oxygens (including phenoxy) is 1. The summed E-state index contributed by atoms with van der Waals surface area (Å²) >= 11 is 0. The highest BCUT2D eigenvalue weighted by Gasteiger charge is 2.26. The molecule has 6 heteroatoms. The van der Waals surface area contributed by atoms with E-state index in [1.807, 2.05) is 25.7 Å². The Morgan fingerprint density at radius 1 is 1.32 bits per heavy atom. The predicted octanol–water partition coefficient (Wildman–Crippen LogP) is 0.718. The highest BCUT2D eigenvalue weighted by molar-refractivity contribution is 5.85. The van der Waals surface area contributed by atoms with Crippen LogP contribution in [-0.4, -0.2) is 73.6 Å². The van der Waals surface area contributed by atoms with Gasteiger partial charge < -0.3 is 15.0 Å². The second-order valence-corrected chi connectivity index (χ2v) is 5.95. The van der Waals surface area contributed by atoms with Crippen molar-refractivity contribution in [1.29, 1.82) is 0 Å². The maximum Gasteiger partial charge on any atom is 0.242 e. The number of nitrogens with one attached hydrogen (secondary N) is 1. The van der Waals surface area contributed by atoms with Gasteiger partial charge in [0.25, 0.3) is 0 Å². The molecule has 0 saturated carbocycles. The minimum Gasteiger partial charge on any atom is -0.380 e. The van der Waals surface area contributed by atoms with Gasteiger partial charge in [0.05, 0.1) is 13.2 Å². The lowest BCUT2D eigenvalue weighted by molar-refractivity contribution is -0.136. The highest BCUT2D eigenvalue weighted by Crippen LogP contribution is 2.09. The SMILES string of the molecule is CCOCCN1CCN(C(=O)CNC(=O)[C@H](C)CC)C[C@@H]1C. The van der Waals surface area contributed by atoms with Crippen LogP contribution in [0.15, 0.2) is 0 Å². The van der Waals surface area contributed by atoms with E-state index in [1.54, 1.807) is 0 Å². The molecule has 128 valence electrons. The van der Waals surface area contributed by atoms with E-state index in [2.05, 4.69) is 17.1 Å². The van der Waals surface area contributed by atoms with E-state index < -0.39 is 0 Å². The van der Waals surface area contributed by atoms with Crippen molar-refractivity contribution in [1.82, 2.24) is 15.1 Å². The zero-order chi connectivity index (χ0) is 16.5. The Morgan fingerprint density at radius 2 is 2.05 bits per heavy atom. The van der Waals surface area contributed by atoms with Crippen LogP contribution in [-0.2, 0) is 14.3 Å². The summed E-state index contributed by atoms with van der Waals surface area (Å²) in [4.78, 5) is 28.1. The summed E-state index contributed by atoms with van der Waals surface area (Å²) in [7, 11) is 0. The van der Waals surface area contributed by atoms with Gasteiger partial charge in [0.1, 0.15) is 0 Å². The first-order valence-corrected chi connectivity index (χ1v) is 8.36. The summed E-state index contributed by atoms with van der Waals surface area (Å²) in [5.41, 5.74) is 0. The van der Waals surface area contributed by atoms with E-state index >= 15 is 0 Å². The summed E-state index contributed by atoms with van der Waals surface area (Å²) in [6.07, 6.45) is 0.787. The smallest absolute Gasteiger partial charge is 0.242 e. The zero-order valence-electron chi connectivity index (χ0n) is 14.4. The number of hydrogen-bond acceptors (Lipinski definition) is 4. The molecule has 1 N–H and O–H groups in total. The maximum absolute atomic E-state index is 12.2. The van der Waals surface area contributed by atoms with Crippen LogP contribution >= 0.6 is 0 Å². The Balaban J connectivity index is 2.33. The summed E-state index contributed by atoms with van der Waals surface area (Å²) < 4.78 is 5.39. The molecule has 0 radical (unpaired) electrons. The molecule has 0 aromatic heterocycles. The van der Waals surface area contributed by atoms with Crippen LogP contribution in [0.1, 0.15) is 34.1 Å². The Labute approximate surface area is 134 Å². The van der Waals surface area contributed by atoms with Crippen LogP contribution in [0.25, 0.3) is 0 Å². The van der Waals surface area contributed by atoms with Crippen LogP contribution in [0.5, 0.6) is 0 Å². The Bertz CT molecular complexity index is 363. The number of nitrogens with zero attached hydrogens (tertiary/aromatic N) is 2. The molecule has 1 rings (SSSR count). The average molecular weight is 313 g/mol. The normalized spacial score (nSPS) is 20.7. The number of hydrogen-bond donors (Lipinski definition) is 1. The highest BCUT2D eigenvalue weighted by atomic mass is 16.5. The molecule has 0 spiro atoms. The standard InChI is InChI=1S/C16H31N3O3/c1-5-13(3)16(21)17-11-15(20)19-8-7-18(14(4)12-19)9-10-22-6-2/h13-14H,5-12H2,1-4H3,(H,17,21)/t13-,14+/m1/s1. The van der Waals surface area contributed by atoms with Gasteiger partial charge in [-0.25, -0.2) is 0 Å². The molecule has 0 bridgehead atoms. The van der Waals surface area contributed by atoms with Crippen LogP contribution in [0.3, 0.4) is 0 Å². The first-order valence-electron chi connectivity index (χ1n) is 8.36. The van der Waals surface area contributed by atoms with Crippen LogP contribution in [0.4, 0.5) is 0 Å². The van der Waals surface area contributed by atoms with Gasteiger partial charge in [-0.3, -0.25) is 14.5 Å². The summed E-state index contributed by atoms with van der Waals surface area (Å²) in [5, 5.41) is 2.73. The third-order valence-electron chi connectivity index (χ3n) is 4.32. The van der Waals surface area contributed by atoms with Gasteiger partial charge in [0.2, 0.25) is 11.8 Å². The van der Waals surface area contributed by atoms with Crippen molar-refractivity contribution < 1.29 is 14.3 Å². The lowest BCUT2D eigenvalue weighted by atomic mass is 10.1. The van der Waals surface area contributed by atoms with Crippen molar-refractivity contribution in [2.24, 2.45) is 5.92 Å². The van der Waals surface area contributed by atoms with Gasteiger partial charge >= 0.3 is 0 Å². The second kappa shape index (κ2) is 9.79. The molecule has 1 heterocycles. The molecular weight excluding hydrogens is 282 g/mol. The molecule has 1 saturated heterocycles. The van der Waals surface area contributed by atoms with E-state index in [9.17, 15) is 9.59 Å². The lowest BCUT2D eigenvalue weighted by Gasteiger charge is -2.39. The molecule has 2 amide bonds. The topological polar surface area (TPSA) is 61.9 Å². The van der Waals surface area contributed by atoms with Crippen molar-refractivity contribution in [2.75, 3.05) is 45.9 Å². The minimum atomic E-state index is -0.0424. The molecule has 2 atom stereocenters. The van der Waals surface area contributed by atoms with Crippen molar-refractivity contribution in [3.63, 3.8) is 0 Å². The van der Waals surface area contributed by atoms with Crippen LogP contribution in [0, 0.1) is 5.92 Å². The van der Waals surface area contributed by atoms with Crippen molar-refractivity contribution >= 4 is 11.8 Å². The molecule has 22 heavy (non-hydrogen) atoms. The monoisotopic (exact) mass is 313 g/mol. The van der Waals surface area contributed by atoms with E-state index in [-0.39, 0.29) is 24.3 Å². The Hall–Kier alpha value is -1.14. The fourth-order valence-corrected chi connectivity index (χ4v) is 2.51. The van der Waals surface area contributed by atoms with Gasteiger partial charge in [0, 0.05) is 44.7 Å². The summed E-state index contributed by atoms with van der Waals surface area (Å²) in [5.74, 6) is -0.0747. The predicted molar refractivity (Wildman–Crippen MR) is 86.6 cm³/mol. The summed E-state index contributed by atoms with van der Waals surface area (Å²) in [6, 6.07) is 0.323. The Morgan fingerprint density at radius 3 is 2.64 bits per heavy atom. The molecule has 1 aliphatic heterocycles. The number of carbonyl (C=O) groups excluding carboxylic acids is 2. The number of piperazine rings is 1. The Kier molecular flexibility index (Phi) is 8.42. The number of carbonyl (C=O) groups is 2. The quantitative estimate of drug-likeness (QED) is 0.671. The molecule has 1 aliphatic rings.